The van der Waals surface area contributed by atoms with Gasteiger partial charge in [-0.3, -0.25) is 9.59 Å². The Morgan fingerprint density at radius 1 is 0.380 bits per heavy atom. The molecule has 71 heavy (non-hydrogen) atoms. The van der Waals surface area contributed by atoms with Crippen LogP contribution >= 0.6 is 14.5 Å². The van der Waals surface area contributed by atoms with Gasteiger partial charge in [-0.1, -0.05) is 133 Å². The van der Waals surface area contributed by atoms with Crippen molar-refractivity contribution in [3.63, 3.8) is 0 Å². The van der Waals surface area contributed by atoms with E-state index in [4.69, 9.17) is 18.9 Å². The third-order valence-electron chi connectivity index (χ3n) is 12.6. The third-order valence-corrected chi connectivity index (χ3v) is 21.7. The van der Waals surface area contributed by atoms with E-state index in [0.717, 1.165) is 36.3 Å². The number of ketones is 2. The Kier molecular flexibility index (Phi) is 17.6. The van der Waals surface area contributed by atoms with Crippen molar-refractivity contribution < 1.29 is 28.5 Å². The topological polar surface area (TPSA) is 71.1 Å². The van der Waals surface area contributed by atoms with Crippen LogP contribution in [0.5, 0.6) is 23.0 Å². The second kappa shape index (κ2) is 25.0. The molecule has 8 heteroatoms. The van der Waals surface area contributed by atoms with Gasteiger partial charge in [0.25, 0.3) is 0 Å². The molecule has 8 aromatic carbocycles. The predicted molar refractivity (Wildman–Crippen MR) is 299 cm³/mol. The highest BCUT2D eigenvalue weighted by molar-refractivity contribution is 7.96. The number of benzene rings is 8. The number of hydrogen-bond donors (Lipinski definition) is 0. The largest absolute Gasteiger partial charge is 0.493 e. The average Bonchev–Trinajstić information content (AvgIpc) is 3.44. The number of methoxy groups -OCH3 is 2. The van der Waals surface area contributed by atoms with Crippen molar-refractivity contribution in [2.24, 2.45) is 0 Å². The minimum atomic E-state index is -1.98. The van der Waals surface area contributed by atoms with Gasteiger partial charge in [0.15, 0.2) is 34.6 Å². The summed E-state index contributed by atoms with van der Waals surface area (Å²) in [4.78, 5) is 25.9. The molecule has 0 aliphatic carbocycles. The van der Waals surface area contributed by atoms with E-state index in [-0.39, 0.29) is 18.0 Å². The van der Waals surface area contributed by atoms with Crippen LogP contribution in [0.25, 0.3) is 12.2 Å². The maximum atomic E-state index is 13.0. The normalized spacial score (nSPS) is 11.6. The minimum absolute atomic E-state index is 0.262. The van der Waals surface area contributed by atoms with Gasteiger partial charge in [0.1, 0.15) is 46.4 Å². The maximum Gasteiger partial charge on any atom is 0.163 e. The Hall–Kier alpha value is -7.36. The quantitative estimate of drug-likeness (QED) is 0.0260. The van der Waals surface area contributed by atoms with E-state index < -0.39 is 14.5 Å². The summed E-state index contributed by atoms with van der Waals surface area (Å²) in [7, 11) is -0.737. The van der Waals surface area contributed by atoms with Crippen LogP contribution in [-0.2, 0) is 9.59 Å². The lowest BCUT2D eigenvalue weighted by Gasteiger charge is -2.27. The second-order valence-corrected chi connectivity index (χ2v) is 24.3. The van der Waals surface area contributed by atoms with Crippen molar-refractivity contribution in [3.8, 4) is 23.0 Å². The maximum absolute atomic E-state index is 13.0. The molecule has 6 nitrogen and oxygen atoms in total. The van der Waals surface area contributed by atoms with Gasteiger partial charge < -0.3 is 18.9 Å². The molecule has 0 bridgehead atoms. The zero-order valence-corrected chi connectivity index (χ0v) is 42.2. The molecule has 0 N–H and O–H groups in total. The van der Waals surface area contributed by atoms with Gasteiger partial charge in [0.05, 0.1) is 46.2 Å². The zero-order valence-electron chi connectivity index (χ0n) is 40.4. The summed E-state index contributed by atoms with van der Waals surface area (Å²) in [6.45, 7) is 1.00. The lowest BCUT2D eigenvalue weighted by atomic mass is 10.1. The number of hydrogen-bond acceptors (Lipinski definition) is 6. The van der Waals surface area contributed by atoms with Gasteiger partial charge in [0, 0.05) is 12.8 Å². The van der Waals surface area contributed by atoms with E-state index in [1.165, 1.54) is 44.0 Å². The SMILES string of the molecule is COc1cc(/C=C/C(=O)CC(=O)/C=C/c2ccc(OCCC[P+](c3ccccc3)(c3ccccc3)c3ccccc3)c(OC)c2)ccc1OCCC[P+](c1ccccc1)(c1ccccc1)c1ccccc1. The molecule has 0 aromatic heterocycles. The first kappa shape index (κ1) is 50.0. The highest BCUT2D eigenvalue weighted by Gasteiger charge is 2.46. The number of ether oxygens (including phenoxy) is 4. The summed E-state index contributed by atoms with van der Waals surface area (Å²) in [5.41, 5.74) is 1.51. The number of carbonyl (C=O) groups is 2. The van der Waals surface area contributed by atoms with Crippen molar-refractivity contribution in [2.75, 3.05) is 39.8 Å². The third kappa shape index (κ3) is 12.3. The van der Waals surface area contributed by atoms with Crippen molar-refractivity contribution in [1.82, 2.24) is 0 Å². The smallest absolute Gasteiger partial charge is 0.163 e. The summed E-state index contributed by atoms with van der Waals surface area (Å²) in [6.07, 6.45) is 9.51. The predicted octanol–water partition coefficient (Wildman–Crippen LogP) is 11.5. The van der Waals surface area contributed by atoms with Crippen LogP contribution in [0.3, 0.4) is 0 Å². The molecule has 0 unspecified atom stereocenters. The Labute approximate surface area is 420 Å². The molecular formula is C63H60O6P2+2. The molecule has 8 aromatic rings. The van der Waals surface area contributed by atoms with E-state index in [9.17, 15) is 9.59 Å². The molecule has 0 aliphatic rings. The molecule has 0 heterocycles. The Bertz CT molecular complexity index is 2600. The molecular weight excluding hydrogens is 915 g/mol. The van der Waals surface area contributed by atoms with Crippen molar-refractivity contribution in [1.29, 1.82) is 0 Å². The fourth-order valence-electron chi connectivity index (χ4n) is 9.21. The first-order valence-electron chi connectivity index (χ1n) is 24.1. The van der Waals surface area contributed by atoms with E-state index in [1.807, 2.05) is 36.4 Å². The van der Waals surface area contributed by atoms with Gasteiger partial charge in [-0.05, 0) is 120 Å². The van der Waals surface area contributed by atoms with Crippen molar-refractivity contribution in [3.05, 3.63) is 242 Å². The molecule has 0 radical (unpaired) electrons. The summed E-state index contributed by atoms with van der Waals surface area (Å²) in [5, 5.41) is 8.04. The molecule has 0 atom stereocenters. The molecule has 0 saturated carbocycles. The number of carbonyl (C=O) groups excluding carboxylic acids is 2. The second-order valence-electron chi connectivity index (χ2n) is 17.1. The summed E-state index contributed by atoms with van der Waals surface area (Å²) < 4.78 is 24.2. The van der Waals surface area contributed by atoms with Crippen LogP contribution < -0.4 is 50.8 Å². The van der Waals surface area contributed by atoms with E-state index in [1.54, 1.807) is 26.4 Å². The molecule has 0 saturated heterocycles. The van der Waals surface area contributed by atoms with Crippen LogP contribution in [0.1, 0.15) is 30.4 Å². The number of allylic oxidation sites excluding steroid dienone is 2. The average molecular weight is 975 g/mol. The molecule has 0 aliphatic heterocycles. The van der Waals surface area contributed by atoms with E-state index in [0.29, 0.717) is 36.2 Å². The van der Waals surface area contributed by atoms with Crippen LogP contribution in [0.2, 0.25) is 0 Å². The first-order valence-corrected chi connectivity index (χ1v) is 28.0. The Morgan fingerprint density at radius 2 is 0.662 bits per heavy atom. The fraction of sp³-hybridized carbons (Fsp3) is 0.143. The Balaban J connectivity index is 0.847. The van der Waals surface area contributed by atoms with Gasteiger partial charge in [-0.2, -0.15) is 0 Å². The van der Waals surface area contributed by atoms with Gasteiger partial charge >= 0.3 is 0 Å². The molecule has 8 rings (SSSR count). The molecule has 0 amide bonds. The van der Waals surface area contributed by atoms with E-state index in [2.05, 4.69) is 182 Å². The minimum Gasteiger partial charge on any atom is -0.493 e. The lowest BCUT2D eigenvalue weighted by molar-refractivity contribution is -0.121. The van der Waals surface area contributed by atoms with Crippen LogP contribution in [0.15, 0.2) is 231 Å². The first-order chi connectivity index (χ1) is 34.9. The van der Waals surface area contributed by atoms with Crippen molar-refractivity contribution in [2.45, 2.75) is 19.3 Å². The monoisotopic (exact) mass is 974 g/mol. The van der Waals surface area contributed by atoms with E-state index >= 15 is 0 Å². The Morgan fingerprint density at radius 3 is 0.930 bits per heavy atom. The lowest BCUT2D eigenvalue weighted by Crippen LogP contribution is -2.33. The van der Waals surface area contributed by atoms with Gasteiger partial charge in [-0.15, -0.1) is 0 Å². The molecule has 356 valence electrons. The molecule has 0 spiro atoms. The standard InChI is InChI=1S/C63H60O6P2/c1-66-62-47-50(37-41-60(62)68-43-21-45-70(54-23-9-3-10-24-54,55-25-11-4-12-26-55)56-27-13-5-14-28-56)35-39-52(64)49-53(65)40-36-51-38-42-61(63(48-51)67-2)69-44-22-46-71(57-29-15-6-16-30-57,58-31-17-7-18-32-58)59-33-19-8-20-34-59/h3-20,23-42,47-48H,21-22,43-46,49H2,1-2H3/q+2/b39-35+,40-36+. The highest BCUT2D eigenvalue weighted by Crippen LogP contribution is 2.57. The molecule has 0 fully saturated rings. The summed E-state index contributed by atoms with van der Waals surface area (Å²) in [5.74, 6) is 1.78. The van der Waals surface area contributed by atoms with Crippen LogP contribution in [0, 0.1) is 0 Å². The highest BCUT2D eigenvalue weighted by atomic mass is 31.2. The van der Waals surface area contributed by atoms with Gasteiger partial charge in [0.2, 0.25) is 0 Å². The summed E-state index contributed by atoms with van der Waals surface area (Å²) in [6, 6.07) is 76.2. The fourth-order valence-corrected chi connectivity index (χ4v) is 17.8. The van der Waals surface area contributed by atoms with Crippen LogP contribution in [-0.4, -0.2) is 51.3 Å². The van der Waals surface area contributed by atoms with Crippen molar-refractivity contribution >= 4 is 70.1 Å². The summed E-state index contributed by atoms with van der Waals surface area (Å²) >= 11 is 0. The van der Waals surface area contributed by atoms with Gasteiger partial charge in [-0.25, -0.2) is 0 Å². The van der Waals surface area contributed by atoms with Crippen LogP contribution in [0.4, 0.5) is 0 Å². The zero-order chi connectivity index (χ0) is 49.1. The number of rotatable bonds is 24.